The van der Waals surface area contributed by atoms with Crippen molar-refractivity contribution in [3.05, 3.63) is 59.9 Å². The molecule has 0 saturated carbocycles. The third-order valence-electron chi connectivity index (χ3n) is 4.07. The van der Waals surface area contributed by atoms with Crippen LogP contribution in [0.25, 0.3) is 33.6 Å². The minimum atomic E-state index is -0.377. The lowest BCUT2D eigenvalue weighted by Crippen LogP contribution is -2.11. The van der Waals surface area contributed by atoms with Crippen molar-refractivity contribution >= 4 is 10.9 Å². The van der Waals surface area contributed by atoms with Crippen molar-refractivity contribution in [1.82, 2.24) is 20.1 Å². The largest absolute Gasteiger partial charge is 0.334 e. The van der Waals surface area contributed by atoms with Crippen LogP contribution in [0.2, 0.25) is 0 Å². The molecule has 0 aliphatic rings. The average Bonchev–Trinajstić information content (AvgIpc) is 3.06. The first-order valence-electron chi connectivity index (χ1n) is 8.15. The number of halogens is 1. The van der Waals surface area contributed by atoms with E-state index in [1.807, 2.05) is 25.1 Å². The van der Waals surface area contributed by atoms with E-state index in [1.54, 1.807) is 19.2 Å². The lowest BCUT2D eigenvalue weighted by Gasteiger charge is -2.17. The highest BCUT2D eigenvalue weighted by atomic mass is 19.1. The van der Waals surface area contributed by atoms with Crippen molar-refractivity contribution in [2.24, 2.45) is 5.73 Å². The summed E-state index contributed by atoms with van der Waals surface area (Å²) >= 11 is 0. The Hall–Kier alpha value is -3.19. The van der Waals surface area contributed by atoms with E-state index >= 15 is 0 Å². The van der Waals surface area contributed by atoms with Crippen molar-refractivity contribution in [2.45, 2.75) is 19.9 Å². The Labute approximate surface area is 148 Å². The van der Waals surface area contributed by atoms with E-state index in [4.69, 9.17) is 10.3 Å². The van der Waals surface area contributed by atoms with E-state index in [-0.39, 0.29) is 17.7 Å². The first-order valence-corrected chi connectivity index (χ1v) is 8.15. The summed E-state index contributed by atoms with van der Waals surface area (Å²) in [4.78, 5) is 13.4. The summed E-state index contributed by atoms with van der Waals surface area (Å²) in [6.07, 6.45) is 1.68. The smallest absolute Gasteiger partial charge is 0.259 e. The fourth-order valence-electron chi connectivity index (χ4n) is 2.97. The summed E-state index contributed by atoms with van der Waals surface area (Å²) < 4.78 is 19.4. The number of fused-ring (bicyclic) bond motifs is 1. The molecule has 0 spiro atoms. The van der Waals surface area contributed by atoms with E-state index in [0.29, 0.717) is 39.2 Å². The molecule has 3 aromatic heterocycles. The second-order valence-corrected chi connectivity index (χ2v) is 6.06. The SMILES string of the molecule is Cc1noc(-c2c(-c3ccccn3)c(C(C)N)nc3ccc(F)cc23)n1. The van der Waals surface area contributed by atoms with Gasteiger partial charge >= 0.3 is 0 Å². The predicted octanol–water partition coefficient (Wildman–Crippen LogP) is 3.81. The minimum Gasteiger partial charge on any atom is -0.334 e. The van der Waals surface area contributed by atoms with Crippen LogP contribution in [-0.2, 0) is 0 Å². The minimum absolute atomic E-state index is 0.281. The molecule has 0 aliphatic heterocycles. The van der Waals surface area contributed by atoms with Crippen LogP contribution in [0.5, 0.6) is 0 Å². The molecule has 1 aromatic carbocycles. The van der Waals surface area contributed by atoms with Crippen molar-refractivity contribution in [1.29, 1.82) is 0 Å². The van der Waals surface area contributed by atoms with Gasteiger partial charge in [-0.25, -0.2) is 4.39 Å². The number of hydrogen-bond acceptors (Lipinski definition) is 6. The van der Waals surface area contributed by atoms with Gasteiger partial charge in [-0.1, -0.05) is 11.2 Å². The van der Waals surface area contributed by atoms with Gasteiger partial charge in [0.2, 0.25) is 0 Å². The molecular weight excluding hydrogens is 333 g/mol. The van der Waals surface area contributed by atoms with Crippen molar-refractivity contribution < 1.29 is 8.91 Å². The number of aromatic nitrogens is 4. The molecule has 1 atom stereocenters. The number of hydrogen-bond donors (Lipinski definition) is 1. The maximum Gasteiger partial charge on any atom is 0.259 e. The van der Waals surface area contributed by atoms with Gasteiger partial charge in [-0.15, -0.1) is 0 Å². The van der Waals surface area contributed by atoms with Gasteiger partial charge in [-0.05, 0) is 44.2 Å². The van der Waals surface area contributed by atoms with Crippen LogP contribution in [0.4, 0.5) is 4.39 Å². The van der Waals surface area contributed by atoms with Gasteiger partial charge in [-0.2, -0.15) is 4.98 Å². The molecule has 2 N–H and O–H groups in total. The molecule has 4 aromatic rings. The van der Waals surface area contributed by atoms with Crippen LogP contribution in [-0.4, -0.2) is 20.1 Å². The molecular formula is C19H16FN5O. The maximum absolute atomic E-state index is 14.0. The Morgan fingerprint density at radius 2 is 1.96 bits per heavy atom. The Kier molecular flexibility index (Phi) is 3.93. The topological polar surface area (TPSA) is 90.7 Å². The van der Waals surface area contributed by atoms with Gasteiger partial charge in [0, 0.05) is 23.2 Å². The molecule has 0 amide bonds. The lowest BCUT2D eigenvalue weighted by molar-refractivity contribution is 0.426. The third kappa shape index (κ3) is 2.72. The zero-order valence-electron chi connectivity index (χ0n) is 14.3. The summed E-state index contributed by atoms with van der Waals surface area (Å²) in [6, 6.07) is 9.56. The van der Waals surface area contributed by atoms with Crippen LogP contribution in [0, 0.1) is 12.7 Å². The van der Waals surface area contributed by atoms with Gasteiger partial charge in [0.25, 0.3) is 5.89 Å². The second-order valence-electron chi connectivity index (χ2n) is 6.06. The molecule has 4 rings (SSSR count). The molecule has 0 saturated heterocycles. The summed E-state index contributed by atoms with van der Waals surface area (Å²) in [5.41, 5.74) is 9.34. The number of rotatable bonds is 3. The standard InChI is InChI=1S/C19H16FN5O/c1-10(21)18-17(15-5-3-4-8-22-15)16(19-23-11(2)25-26-19)13-9-12(20)6-7-14(13)24-18/h3-10H,21H2,1-2H3. The van der Waals surface area contributed by atoms with Crippen LogP contribution >= 0.6 is 0 Å². The van der Waals surface area contributed by atoms with Gasteiger partial charge in [0.15, 0.2) is 5.82 Å². The van der Waals surface area contributed by atoms with Gasteiger partial charge in [-0.3, -0.25) is 9.97 Å². The maximum atomic E-state index is 14.0. The molecule has 0 bridgehead atoms. The normalized spacial score (nSPS) is 12.5. The summed E-state index contributed by atoms with van der Waals surface area (Å²) in [7, 11) is 0. The summed E-state index contributed by atoms with van der Waals surface area (Å²) in [6.45, 7) is 3.57. The quantitative estimate of drug-likeness (QED) is 0.605. The zero-order valence-corrected chi connectivity index (χ0v) is 14.3. The number of pyridine rings is 2. The van der Waals surface area contributed by atoms with Crippen LogP contribution < -0.4 is 5.73 Å². The summed E-state index contributed by atoms with van der Waals surface area (Å²) in [5.74, 6) is 0.385. The molecule has 130 valence electrons. The molecule has 6 nitrogen and oxygen atoms in total. The molecule has 1 unspecified atom stereocenters. The van der Waals surface area contributed by atoms with Gasteiger partial charge in [0.1, 0.15) is 5.82 Å². The molecule has 0 aliphatic carbocycles. The van der Waals surface area contributed by atoms with Crippen molar-refractivity contribution in [3.8, 4) is 22.7 Å². The number of aryl methyl sites for hydroxylation is 1. The van der Waals surface area contributed by atoms with Crippen LogP contribution in [0.1, 0.15) is 24.5 Å². The number of benzene rings is 1. The van der Waals surface area contributed by atoms with E-state index in [2.05, 4.69) is 20.1 Å². The highest BCUT2D eigenvalue weighted by Crippen LogP contribution is 2.39. The fourth-order valence-corrected chi connectivity index (χ4v) is 2.97. The van der Waals surface area contributed by atoms with Gasteiger partial charge in [0.05, 0.1) is 22.5 Å². The summed E-state index contributed by atoms with van der Waals surface area (Å²) in [5, 5.41) is 4.45. The molecule has 0 radical (unpaired) electrons. The Morgan fingerprint density at radius 3 is 2.62 bits per heavy atom. The van der Waals surface area contributed by atoms with E-state index < -0.39 is 0 Å². The average molecular weight is 349 g/mol. The second kappa shape index (κ2) is 6.27. The monoisotopic (exact) mass is 349 g/mol. The predicted molar refractivity (Wildman–Crippen MR) is 95.6 cm³/mol. The van der Waals surface area contributed by atoms with Crippen LogP contribution in [0.15, 0.2) is 47.1 Å². The molecule has 7 heteroatoms. The first-order chi connectivity index (χ1) is 12.5. The lowest BCUT2D eigenvalue weighted by atomic mass is 9.94. The third-order valence-corrected chi connectivity index (χ3v) is 4.07. The highest BCUT2D eigenvalue weighted by molar-refractivity contribution is 6.00. The number of nitrogens with zero attached hydrogens (tertiary/aromatic N) is 4. The first kappa shape index (κ1) is 16.3. The Balaban J connectivity index is 2.20. The van der Waals surface area contributed by atoms with Crippen molar-refractivity contribution in [2.75, 3.05) is 0 Å². The number of nitrogens with two attached hydrogens (primary N) is 1. The Morgan fingerprint density at radius 1 is 1.12 bits per heavy atom. The molecule has 26 heavy (non-hydrogen) atoms. The molecule has 3 heterocycles. The zero-order chi connectivity index (χ0) is 18.3. The Bertz CT molecular complexity index is 1090. The molecule has 0 fully saturated rings. The van der Waals surface area contributed by atoms with Crippen molar-refractivity contribution in [3.63, 3.8) is 0 Å². The van der Waals surface area contributed by atoms with E-state index in [1.165, 1.54) is 12.1 Å². The van der Waals surface area contributed by atoms with E-state index in [0.717, 1.165) is 0 Å². The fraction of sp³-hybridized carbons (Fsp3) is 0.158. The highest BCUT2D eigenvalue weighted by Gasteiger charge is 2.24. The van der Waals surface area contributed by atoms with Crippen LogP contribution in [0.3, 0.4) is 0 Å². The van der Waals surface area contributed by atoms with Gasteiger partial charge < -0.3 is 10.3 Å². The van der Waals surface area contributed by atoms with E-state index in [9.17, 15) is 4.39 Å².